The molecule has 2 aliphatic rings. The van der Waals surface area contributed by atoms with Crippen molar-refractivity contribution < 1.29 is 13.9 Å². The number of nitrogens with one attached hydrogen (secondary N) is 3. The maximum atomic E-state index is 13.7. The number of carbonyl (C=O) groups excluding carboxylic acids is 1. The molecule has 3 heterocycles. The highest BCUT2D eigenvalue weighted by Crippen LogP contribution is 2.35. The molecule has 182 valence electrons. The van der Waals surface area contributed by atoms with Crippen molar-refractivity contribution in [1.29, 1.82) is 0 Å². The van der Waals surface area contributed by atoms with Gasteiger partial charge in [0.2, 0.25) is 0 Å². The van der Waals surface area contributed by atoms with E-state index in [2.05, 4.69) is 25.5 Å². The van der Waals surface area contributed by atoms with Gasteiger partial charge in [-0.1, -0.05) is 12.1 Å². The van der Waals surface area contributed by atoms with Gasteiger partial charge in [0, 0.05) is 61.0 Å². The lowest BCUT2D eigenvalue weighted by Gasteiger charge is -2.32. The summed E-state index contributed by atoms with van der Waals surface area (Å²) in [5, 5.41) is 6.58. The summed E-state index contributed by atoms with van der Waals surface area (Å²) >= 11 is 0. The molecule has 1 amide bonds. The molecule has 3 aromatic rings. The number of piperidine rings is 1. The van der Waals surface area contributed by atoms with Gasteiger partial charge < -0.3 is 25.3 Å². The lowest BCUT2D eigenvalue weighted by Crippen LogP contribution is -2.40. The summed E-state index contributed by atoms with van der Waals surface area (Å²) < 4.78 is 18.9. The van der Waals surface area contributed by atoms with Crippen molar-refractivity contribution in [2.45, 2.75) is 25.8 Å². The highest BCUT2D eigenvalue weighted by atomic mass is 19.1. The van der Waals surface area contributed by atoms with Gasteiger partial charge in [-0.05, 0) is 56.2 Å². The zero-order chi connectivity index (χ0) is 24.4. The number of rotatable bonds is 7. The predicted molar refractivity (Wildman–Crippen MR) is 137 cm³/mol. The SMILES string of the molecule is COCCN1CCC(Nc2ccc3c(c2)/C(=C/c2nc(-c4cccc(F)c4)c(C)[nH]2)C(=O)N3)CC1. The molecule has 7 nitrogen and oxygen atoms in total. The standard InChI is InChI=1S/C27H30FN5O2/c1-17-26(18-4-3-5-19(28)14-18)32-25(29-17)16-23-22-15-21(6-7-24(22)31-27(23)34)30-20-8-10-33(11-9-20)12-13-35-2/h3-7,14-16,20,30H,8-13H2,1-2H3,(H,29,32)(H,31,34)/b23-16-. The number of aromatic nitrogens is 2. The lowest BCUT2D eigenvalue weighted by atomic mass is 10.0. The molecule has 0 spiro atoms. The van der Waals surface area contributed by atoms with E-state index in [0.717, 1.165) is 61.7 Å². The number of methoxy groups -OCH3 is 1. The fourth-order valence-corrected chi connectivity index (χ4v) is 4.78. The van der Waals surface area contributed by atoms with E-state index in [1.165, 1.54) is 12.1 Å². The Morgan fingerprint density at radius 1 is 1.23 bits per heavy atom. The van der Waals surface area contributed by atoms with Gasteiger partial charge in [-0.3, -0.25) is 4.79 Å². The van der Waals surface area contributed by atoms with E-state index in [9.17, 15) is 9.18 Å². The van der Waals surface area contributed by atoms with Crippen LogP contribution in [0.5, 0.6) is 0 Å². The van der Waals surface area contributed by atoms with Gasteiger partial charge in [0.1, 0.15) is 11.6 Å². The van der Waals surface area contributed by atoms with Crippen LogP contribution in [0.1, 0.15) is 29.9 Å². The van der Waals surface area contributed by atoms with Crippen LogP contribution in [0.4, 0.5) is 15.8 Å². The molecule has 2 aromatic carbocycles. The Morgan fingerprint density at radius 3 is 2.83 bits per heavy atom. The molecule has 0 atom stereocenters. The van der Waals surface area contributed by atoms with Gasteiger partial charge in [-0.15, -0.1) is 0 Å². The van der Waals surface area contributed by atoms with Gasteiger partial charge in [0.05, 0.1) is 17.9 Å². The van der Waals surface area contributed by atoms with Crippen LogP contribution >= 0.6 is 0 Å². The van der Waals surface area contributed by atoms with E-state index < -0.39 is 0 Å². The Labute approximate surface area is 204 Å². The number of ether oxygens (including phenoxy) is 1. The molecular formula is C27H30FN5O2. The van der Waals surface area contributed by atoms with Crippen LogP contribution < -0.4 is 10.6 Å². The van der Waals surface area contributed by atoms with Gasteiger partial charge in [-0.25, -0.2) is 9.37 Å². The Morgan fingerprint density at radius 2 is 2.06 bits per heavy atom. The third-order valence-electron chi connectivity index (χ3n) is 6.65. The first-order chi connectivity index (χ1) is 17.0. The fourth-order valence-electron chi connectivity index (χ4n) is 4.78. The number of H-pyrrole nitrogens is 1. The van der Waals surface area contributed by atoms with E-state index in [0.29, 0.717) is 28.7 Å². The van der Waals surface area contributed by atoms with Crippen molar-refractivity contribution in [3.8, 4) is 11.3 Å². The Kier molecular flexibility index (Phi) is 6.66. The van der Waals surface area contributed by atoms with Gasteiger partial charge in [-0.2, -0.15) is 0 Å². The Bertz CT molecular complexity index is 1260. The first-order valence-electron chi connectivity index (χ1n) is 12.0. The molecule has 2 aliphatic heterocycles. The minimum absolute atomic E-state index is 0.162. The van der Waals surface area contributed by atoms with Crippen molar-refractivity contribution in [3.05, 3.63) is 65.4 Å². The van der Waals surface area contributed by atoms with Gasteiger partial charge in [0.15, 0.2) is 0 Å². The summed E-state index contributed by atoms with van der Waals surface area (Å²) in [6.07, 6.45) is 3.89. The first kappa shape index (κ1) is 23.3. The number of aryl methyl sites for hydroxylation is 1. The Hall–Kier alpha value is -3.49. The molecule has 0 aliphatic carbocycles. The topological polar surface area (TPSA) is 82.3 Å². The second kappa shape index (κ2) is 10.0. The average Bonchev–Trinajstić information content (AvgIpc) is 3.37. The van der Waals surface area contributed by atoms with Crippen LogP contribution in [0.25, 0.3) is 22.9 Å². The largest absolute Gasteiger partial charge is 0.383 e. The molecule has 1 aromatic heterocycles. The molecule has 0 unspecified atom stereocenters. The minimum atomic E-state index is -0.311. The number of halogens is 1. The molecule has 1 saturated heterocycles. The molecule has 8 heteroatoms. The van der Waals surface area contributed by atoms with Crippen LogP contribution in [0.2, 0.25) is 0 Å². The highest BCUT2D eigenvalue weighted by Gasteiger charge is 2.26. The molecule has 0 saturated carbocycles. The van der Waals surface area contributed by atoms with Gasteiger partial charge >= 0.3 is 0 Å². The number of hydrogen-bond donors (Lipinski definition) is 3. The third kappa shape index (κ3) is 5.13. The van der Waals surface area contributed by atoms with E-state index in [1.54, 1.807) is 19.3 Å². The highest BCUT2D eigenvalue weighted by molar-refractivity contribution is 6.35. The maximum Gasteiger partial charge on any atom is 0.256 e. The lowest BCUT2D eigenvalue weighted by molar-refractivity contribution is -0.110. The minimum Gasteiger partial charge on any atom is -0.383 e. The number of carbonyl (C=O) groups is 1. The zero-order valence-electron chi connectivity index (χ0n) is 20.0. The summed E-state index contributed by atoms with van der Waals surface area (Å²) in [7, 11) is 1.74. The molecule has 0 bridgehead atoms. The predicted octanol–water partition coefficient (Wildman–Crippen LogP) is 4.54. The maximum absolute atomic E-state index is 13.7. The van der Waals surface area contributed by atoms with Crippen LogP contribution in [-0.4, -0.2) is 60.2 Å². The first-order valence-corrected chi connectivity index (χ1v) is 12.0. The smallest absolute Gasteiger partial charge is 0.256 e. The summed E-state index contributed by atoms with van der Waals surface area (Å²) in [6.45, 7) is 5.71. The Balaban J connectivity index is 1.34. The molecule has 0 radical (unpaired) electrons. The fraction of sp³-hybridized carbons (Fsp3) is 0.333. The van der Waals surface area contributed by atoms with Crippen molar-refractivity contribution in [2.75, 3.05) is 44.0 Å². The number of amides is 1. The number of likely N-dealkylation sites (tertiary alicyclic amines) is 1. The monoisotopic (exact) mass is 475 g/mol. The zero-order valence-corrected chi connectivity index (χ0v) is 20.0. The summed E-state index contributed by atoms with van der Waals surface area (Å²) in [6, 6.07) is 12.7. The van der Waals surface area contributed by atoms with Gasteiger partial charge in [0.25, 0.3) is 5.91 Å². The van der Waals surface area contributed by atoms with Crippen LogP contribution in [0.3, 0.4) is 0 Å². The second-order valence-corrected chi connectivity index (χ2v) is 9.13. The van der Waals surface area contributed by atoms with Crippen molar-refractivity contribution in [1.82, 2.24) is 14.9 Å². The van der Waals surface area contributed by atoms with Crippen molar-refractivity contribution in [3.63, 3.8) is 0 Å². The van der Waals surface area contributed by atoms with Crippen molar-refractivity contribution in [2.24, 2.45) is 0 Å². The second-order valence-electron chi connectivity index (χ2n) is 9.13. The average molecular weight is 476 g/mol. The summed E-state index contributed by atoms with van der Waals surface area (Å²) in [4.78, 5) is 23.0. The van der Waals surface area contributed by atoms with E-state index in [4.69, 9.17) is 4.74 Å². The quantitative estimate of drug-likeness (QED) is 0.437. The molecule has 5 rings (SSSR count). The molecule has 3 N–H and O–H groups in total. The molecular weight excluding hydrogens is 445 g/mol. The van der Waals surface area contributed by atoms with Crippen LogP contribution in [0.15, 0.2) is 42.5 Å². The van der Waals surface area contributed by atoms with E-state index >= 15 is 0 Å². The number of aromatic amines is 1. The third-order valence-corrected chi connectivity index (χ3v) is 6.65. The molecule has 35 heavy (non-hydrogen) atoms. The molecule has 1 fully saturated rings. The van der Waals surface area contributed by atoms with Crippen LogP contribution in [-0.2, 0) is 9.53 Å². The number of fused-ring (bicyclic) bond motifs is 1. The van der Waals surface area contributed by atoms with Crippen molar-refractivity contribution >= 4 is 28.9 Å². The van der Waals surface area contributed by atoms with E-state index in [1.807, 2.05) is 31.2 Å². The number of anilines is 2. The number of imidazole rings is 1. The number of hydrogen-bond acceptors (Lipinski definition) is 5. The number of benzene rings is 2. The number of nitrogens with zero attached hydrogens (tertiary/aromatic N) is 2. The normalized spacial score (nSPS) is 17.6. The van der Waals surface area contributed by atoms with E-state index in [-0.39, 0.29) is 11.7 Å². The summed E-state index contributed by atoms with van der Waals surface area (Å²) in [5.41, 5.74) is 5.36. The summed E-state index contributed by atoms with van der Waals surface area (Å²) in [5.74, 6) is 0.0843. The van der Waals surface area contributed by atoms with Crippen LogP contribution in [0, 0.1) is 12.7 Å².